The lowest BCUT2D eigenvalue weighted by molar-refractivity contribution is 0.0955. The normalized spacial score (nSPS) is 12.2. The maximum atomic E-state index is 12.0. The molecule has 2 aromatic rings. The first-order chi connectivity index (χ1) is 9.08. The molecular formula is C14H13Br2NOS. The summed E-state index contributed by atoms with van der Waals surface area (Å²) >= 11 is 8.21. The average Bonchev–Trinajstić information content (AvgIpc) is 2.77. The predicted molar refractivity (Wildman–Crippen MR) is 86.9 cm³/mol. The summed E-state index contributed by atoms with van der Waals surface area (Å²) in [6, 6.07) is 12.0. The highest BCUT2D eigenvalue weighted by molar-refractivity contribution is 9.13. The van der Waals surface area contributed by atoms with E-state index in [2.05, 4.69) is 56.2 Å². The lowest BCUT2D eigenvalue weighted by Gasteiger charge is -2.12. The second kappa shape index (κ2) is 6.68. The summed E-state index contributed by atoms with van der Waals surface area (Å²) in [6.07, 6.45) is 0. The zero-order valence-electron chi connectivity index (χ0n) is 10.3. The number of hydrogen-bond donors (Lipinski definition) is 1. The van der Waals surface area contributed by atoms with Crippen LogP contribution in [0, 0.1) is 0 Å². The van der Waals surface area contributed by atoms with Gasteiger partial charge in [0.1, 0.15) is 0 Å². The van der Waals surface area contributed by atoms with E-state index in [1.165, 1.54) is 16.9 Å². The Bertz CT molecular complexity index is 549. The molecule has 19 heavy (non-hydrogen) atoms. The van der Waals surface area contributed by atoms with Crippen molar-refractivity contribution in [1.29, 1.82) is 0 Å². The number of amides is 1. The van der Waals surface area contributed by atoms with E-state index in [1.54, 1.807) is 0 Å². The van der Waals surface area contributed by atoms with Crippen molar-refractivity contribution in [2.45, 2.75) is 12.8 Å². The van der Waals surface area contributed by atoms with Gasteiger partial charge < -0.3 is 5.32 Å². The summed E-state index contributed by atoms with van der Waals surface area (Å²) in [5.74, 6) is 0.274. The van der Waals surface area contributed by atoms with Crippen LogP contribution >= 0.6 is 43.2 Å². The van der Waals surface area contributed by atoms with Gasteiger partial charge in [-0.2, -0.15) is 0 Å². The molecule has 2 rings (SSSR count). The second-order valence-electron chi connectivity index (χ2n) is 4.25. The molecule has 100 valence electrons. The molecule has 1 N–H and O–H groups in total. The van der Waals surface area contributed by atoms with Crippen molar-refractivity contribution in [2.24, 2.45) is 0 Å². The van der Waals surface area contributed by atoms with Crippen LogP contribution in [0.5, 0.6) is 0 Å². The molecule has 0 aliphatic heterocycles. The number of hydrogen-bond acceptors (Lipinski definition) is 2. The molecule has 0 unspecified atom stereocenters. The minimum Gasteiger partial charge on any atom is -0.351 e. The molecule has 0 saturated carbocycles. The molecule has 0 aliphatic carbocycles. The predicted octanol–water partition coefficient (Wildman–Crippen LogP) is 4.81. The molecule has 0 aliphatic rings. The van der Waals surface area contributed by atoms with E-state index in [9.17, 15) is 4.79 Å². The first-order valence-electron chi connectivity index (χ1n) is 5.86. The molecule has 0 spiro atoms. The molecule has 1 aromatic heterocycles. The van der Waals surface area contributed by atoms with Crippen molar-refractivity contribution in [3.63, 3.8) is 0 Å². The molecule has 1 amide bonds. The monoisotopic (exact) mass is 401 g/mol. The highest BCUT2D eigenvalue weighted by atomic mass is 79.9. The highest BCUT2D eigenvalue weighted by Gasteiger charge is 2.13. The number of carbonyl (C=O) groups is 1. The van der Waals surface area contributed by atoms with Crippen LogP contribution in [0.25, 0.3) is 0 Å². The quantitative estimate of drug-likeness (QED) is 0.781. The minimum atomic E-state index is -0.0285. The van der Waals surface area contributed by atoms with Crippen molar-refractivity contribution in [2.75, 3.05) is 6.54 Å². The fraction of sp³-hybridized carbons (Fsp3) is 0.214. The molecule has 1 atom stereocenters. The second-order valence-corrected chi connectivity index (χ2v) is 7.48. The van der Waals surface area contributed by atoms with E-state index >= 15 is 0 Å². The fourth-order valence-electron chi connectivity index (χ4n) is 1.69. The van der Waals surface area contributed by atoms with Crippen LogP contribution in [-0.4, -0.2) is 12.5 Å². The largest absolute Gasteiger partial charge is 0.351 e. The number of carbonyl (C=O) groups excluding carboxylic acids is 1. The van der Waals surface area contributed by atoms with Gasteiger partial charge in [-0.25, -0.2) is 0 Å². The van der Waals surface area contributed by atoms with Crippen molar-refractivity contribution in [3.05, 3.63) is 55.1 Å². The average molecular weight is 403 g/mol. The van der Waals surface area contributed by atoms with Gasteiger partial charge in [0, 0.05) is 11.0 Å². The summed E-state index contributed by atoms with van der Waals surface area (Å²) in [4.78, 5) is 12.7. The van der Waals surface area contributed by atoms with E-state index in [-0.39, 0.29) is 5.91 Å². The third-order valence-corrected chi connectivity index (χ3v) is 6.06. The summed E-state index contributed by atoms with van der Waals surface area (Å²) in [5, 5.41) is 2.97. The Hall–Kier alpha value is -0.650. The van der Waals surface area contributed by atoms with Crippen LogP contribution in [0.4, 0.5) is 0 Å². The van der Waals surface area contributed by atoms with Gasteiger partial charge in [-0.3, -0.25) is 4.79 Å². The fourth-order valence-corrected chi connectivity index (χ4v) is 3.64. The van der Waals surface area contributed by atoms with Crippen LogP contribution in [0.1, 0.15) is 28.1 Å². The van der Waals surface area contributed by atoms with E-state index in [0.29, 0.717) is 17.3 Å². The Kier molecular flexibility index (Phi) is 5.19. The van der Waals surface area contributed by atoms with Crippen molar-refractivity contribution in [1.82, 2.24) is 5.32 Å². The van der Waals surface area contributed by atoms with Gasteiger partial charge in [-0.05, 0) is 49.4 Å². The van der Waals surface area contributed by atoms with Crippen molar-refractivity contribution in [3.8, 4) is 0 Å². The Balaban J connectivity index is 1.94. The molecule has 1 heterocycles. The molecular weight excluding hydrogens is 390 g/mol. The molecule has 0 bridgehead atoms. The summed E-state index contributed by atoms with van der Waals surface area (Å²) < 4.78 is 1.85. The summed E-state index contributed by atoms with van der Waals surface area (Å²) in [5.41, 5.74) is 1.23. The van der Waals surface area contributed by atoms with E-state index in [4.69, 9.17) is 0 Å². The van der Waals surface area contributed by atoms with Crippen LogP contribution in [0.15, 0.2) is 44.7 Å². The van der Waals surface area contributed by atoms with Gasteiger partial charge in [0.05, 0.1) is 8.66 Å². The standard InChI is InChI=1S/C14H13Br2NOS/c1-9(10-5-3-2-4-6-10)8-17-14(18)12-7-11(15)13(16)19-12/h2-7,9H,8H2,1H3,(H,17,18)/t9-/m0/s1. The molecule has 2 nitrogen and oxygen atoms in total. The lowest BCUT2D eigenvalue weighted by atomic mass is 10.0. The number of nitrogens with one attached hydrogen (secondary N) is 1. The van der Waals surface area contributed by atoms with E-state index < -0.39 is 0 Å². The van der Waals surface area contributed by atoms with Gasteiger partial charge in [-0.15, -0.1) is 11.3 Å². The first kappa shape index (κ1) is 14.8. The SMILES string of the molecule is C[C@@H](CNC(=O)c1cc(Br)c(Br)s1)c1ccccc1. The molecule has 0 fully saturated rings. The van der Waals surface area contributed by atoms with E-state index in [1.807, 2.05) is 24.3 Å². The maximum absolute atomic E-state index is 12.0. The van der Waals surface area contributed by atoms with Crippen molar-refractivity contribution < 1.29 is 4.79 Å². The number of halogens is 2. The maximum Gasteiger partial charge on any atom is 0.261 e. The Morgan fingerprint density at radius 1 is 1.32 bits per heavy atom. The third-order valence-electron chi connectivity index (χ3n) is 2.81. The highest BCUT2D eigenvalue weighted by Crippen LogP contribution is 2.32. The summed E-state index contributed by atoms with van der Waals surface area (Å²) in [6.45, 7) is 2.74. The third kappa shape index (κ3) is 3.91. The van der Waals surface area contributed by atoms with Crippen LogP contribution in [0.3, 0.4) is 0 Å². The van der Waals surface area contributed by atoms with Crippen LogP contribution in [0.2, 0.25) is 0 Å². The molecule has 0 saturated heterocycles. The van der Waals surface area contributed by atoms with Gasteiger partial charge in [0.2, 0.25) is 0 Å². The van der Waals surface area contributed by atoms with E-state index in [0.717, 1.165) is 8.26 Å². The molecule has 0 radical (unpaired) electrons. The Morgan fingerprint density at radius 2 is 2.00 bits per heavy atom. The number of rotatable bonds is 4. The lowest BCUT2D eigenvalue weighted by Crippen LogP contribution is -2.26. The molecule has 1 aromatic carbocycles. The smallest absolute Gasteiger partial charge is 0.261 e. The zero-order chi connectivity index (χ0) is 13.8. The summed E-state index contributed by atoms with van der Waals surface area (Å²) in [7, 11) is 0. The topological polar surface area (TPSA) is 29.1 Å². The van der Waals surface area contributed by atoms with Gasteiger partial charge in [0.15, 0.2) is 0 Å². The van der Waals surface area contributed by atoms with Crippen molar-refractivity contribution >= 4 is 49.1 Å². The molecule has 5 heteroatoms. The van der Waals surface area contributed by atoms with Crippen LogP contribution in [-0.2, 0) is 0 Å². The van der Waals surface area contributed by atoms with Gasteiger partial charge >= 0.3 is 0 Å². The number of benzene rings is 1. The first-order valence-corrected chi connectivity index (χ1v) is 8.26. The Labute approximate surface area is 133 Å². The zero-order valence-corrected chi connectivity index (χ0v) is 14.3. The van der Waals surface area contributed by atoms with Crippen LogP contribution < -0.4 is 5.32 Å². The number of thiophene rings is 1. The van der Waals surface area contributed by atoms with Gasteiger partial charge in [-0.1, -0.05) is 37.3 Å². The Morgan fingerprint density at radius 3 is 2.58 bits per heavy atom. The van der Waals surface area contributed by atoms with Gasteiger partial charge in [0.25, 0.3) is 5.91 Å². The minimum absolute atomic E-state index is 0.0285.